The molecule has 1 aromatic heterocycles. The van der Waals surface area contributed by atoms with E-state index in [9.17, 15) is 18.8 Å². The number of halogens is 1. The standard InChI is InChI=1S/C34H34FN5O5S/c1-22(41)37-15-17-38(18-16-37)29(42)20-39-30(43)21-46-33(27-19-26(44-2)13-14-28(27)45-3)31-32(23-7-5-4-6-8-23)36-40(34(31)39)25-11-9-24(35)10-12-25/h4-14,19,33H,15-18,20-21H2,1-3H3/t33-/m0/s1. The van der Waals surface area contributed by atoms with Crippen LogP contribution in [-0.2, 0) is 14.4 Å². The highest BCUT2D eigenvalue weighted by atomic mass is 32.2. The number of carbonyl (C=O) groups is 3. The smallest absolute Gasteiger partial charge is 0.242 e. The number of methoxy groups -OCH3 is 2. The summed E-state index contributed by atoms with van der Waals surface area (Å²) in [6.07, 6.45) is 0. The quantitative estimate of drug-likeness (QED) is 0.292. The van der Waals surface area contributed by atoms with Crippen molar-refractivity contribution in [3.63, 3.8) is 0 Å². The molecule has 0 saturated carbocycles. The van der Waals surface area contributed by atoms with Crippen LogP contribution in [0.2, 0.25) is 0 Å². The predicted molar refractivity (Wildman–Crippen MR) is 174 cm³/mol. The minimum Gasteiger partial charge on any atom is -0.497 e. The Bertz CT molecular complexity index is 1760. The van der Waals surface area contributed by atoms with Gasteiger partial charge in [0.2, 0.25) is 17.7 Å². The maximum Gasteiger partial charge on any atom is 0.242 e. The van der Waals surface area contributed by atoms with Gasteiger partial charge in [-0.25, -0.2) is 9.07 Å². The van der Waals surface area contributed by atoms with E-state index in [2.05, 4.69) is 0 Å². The lowest BCUT2D eigenvalue weighted by Gasteiger charge is -2.35. The largest absolute Gasteiger partial charge is 0.497 e. The van der Waals surface area contributed by atoms with Crippen molar-refractivity contribution in [2.45, 2.75) is 12.2 Å². The monoisotopic (exact) mass is 643 g/mol. The van der Waals surface area contributed by atoms with Crippen molar-refractivity contribution in [1.82, 2.24) is 19.6 Å². The van der Waals surface area contributed by atoms with Gasteiger partial charge >= 0.3 is 0 Å². The Balaban J connectivity index is 1.55. The number of ether oxygens (including phenoxy) is 2. The molecule has 3 aromatic carbocycles. The molecule has 0 unspecified atom stereocenters. The molecule has 0 bridgehead atoms. The zero-order chi connectivity index (χ0) is 32.4. The number of piperazine rings is 1. The fourth-order valence-corrected chi connectivity index (χ4v) is 7.10. The van der Waals surface area contributed by atoms with E-state index < -0.39 is 11.1 Å². The first-order valence-corrected chi connectivity index (χ1v) is 16.0. The van der Waals surface area contributed by atoms with Crippen molar-refractivity contribution in [2.75, 3.05) is 57.6 Å². The summed E-state index contributed by atoms with van der Waals surface area (Å²) in [7, 11) is 3.18. The number of aromatic nitrogens is 2. The third-order valence-electron chi connectivity index (χ3n) is 8.30. The van der Waals surface area contributed by atoms with Crippen LogP contribution < -0.4 is 14.4 Å². The van der Waals surface area contributed by atoms with Gasteiger partial charge < -0.3 is 19.3 Å². The molecule has 2 aliphatic heterocycles. The van der Waals surface area contributed by atoms with Crippen molar-refractivity contribution in [2.24, 2.45) is 0 Å². The van der Waals surface area contributed by atoms with Gasteiger partial charge in [0.15, 0.2) is 0 Å². The van der Waals surface area contributed by atoms with Crippen molar-refractivity contribution in [1.29, 1.82) is 0 Å². The summed E-state index contributed by atoms with van der Waals surface area (Å²) in [5.74, 6) is 0.775. The Hall–Kier alpha value is -4.84. The normalized spacial score (nSPS) is 16.6. The lowest BCUT2D eigenvalue weighted by molar-refractivity contribution is -0.137. The van der Waals surface area contributed by atoms with Gasteiger partial charge in [-0.15, -0.1) is 11.8 Å². The number of anilines is 1. The van der Waals surface area contributed by atoms with Crippen molar-refractivity contribution in [3.05, 3.63) is 89.7 Å². The summed E-state index contributed by atoms with van der Waals surface area (Å²) in [5.41, 5.74) is 3.46. The highest BCUT2D eigenvalue weighted by molar-refractivity contribution is 8.00. The highest BCUT2D eigenvalue weighted by Gasteiger charge is 2.39. The van der Waals surface area contributed by atoms with Gasteiger partial charge in [-0.3, -0.25) is 19.3 Å². The van der Waals surface area contributed by atoms with E-state index in [-0.39, 0.29) is 30.0 Å². The van der Waals surface area contributed by atoms with Crippen molar-refractivity contribution in [3.8, 4) is 28.4 Å². The molecular formula is C34H34FN5O5S. The van der Waals surface area contributed by atoms with Gasteiger partial charge in [-0.1, -0.05) is 30.3 Å². The summed E-state index contributed by atoms with van der Waals surface area (Å²) in [6.45, 7) is 2.89. The maximum atomic E-state index is 14.1. The van der Waals surface area contributed by atoms with Crippen molar-refractivity contribution < 1.29 is 28.2 Å². The van der Waals surface area contributed by atoms with Crippen LogP contribution in [0.15, 0.2) is 72.8 Å². The number of benzene rings is 3. The van der Waals surface area contributed by atoms with Crippen LogP contribution >= 0.6 is 11.8 Å². The second-order valence-corrected chi connectivity index (χ2v) is 12.1. The third kappa shape index (κ3) is 6.04. The van der Waals surface area contributed by atoms with Crippen LogP contribution in [0.3, 0.4) is 0 Å². The SMILES string of the molecule is COc1ccc(OC)c([C@@H]2SCC(=O)N(CC(=O)N3CCN(C(C)=O)CC3)c3c2c(-c2ccccc2)nn3-c2ccc(F)cc2)c1. The first kappa shape index (κ1) is 31.2. The third-order valence-corrected chi connectivity index (χ3v) is 9.53. The molecule has 10 nitrogen and oxygen atoms in total. The Labute approximate surface area is 270 Å². The molecule has 3 heterocycles. The molecule has 238 valence electrons. The predicted octanol–water partition coefficient (Wildman–Crippen LogP) is 4.56. The summed E-state index contributed by atoms with van der Waals surface area (Å²) < 4.78 is 27.1. The number of fused-ring (bicyclic) bond motifs is 1. The lowest BCUT2D eigenvalue weighted by Crippen LogP contribution is -2.53. The molecule has 0 spiro atoms. The van der Waals surface area contributed by atoms with Crippen LogP contribution in [0.4, 0.5) is 10.2 Å². The average Bonchev–Trinajstić information content (AvgIpc) is 3.41. The Morgan fingerprint density at radius 1 is 0.935 bits per heavy atom. The fourth-order valence-electron chi connectivity index (χ4n) is 5.89. The molecule has 1 atom stereocenters. The van der Waals surface area contributed by atoms with Gasteiger partial charge in [-0.05, 0) is 42.5 Å². The zero-order valence-electron chi connectivity index (χ0n) is 25.8. The van der Waals surface area contributed by atoms with Gasteiger partial charge in [0.25, 0.3) is 0 Å². The molecule has 12 heteroatoms. The molecule has 2 aliphatic rings. The Morgan fingerprint density at radius 2 is 1.63 bits per heavy atom. The fraction of sp³-hybridized carbons (Fsp3) is 0.294. The van der Waals surface area contributed by atoms with Gasteiger partial charge in [0.05, 0.1) is 36.6 Å². The lowest BCUT2D eigenvalue weighted by atomic mass is 9.98. The van der Waals surface area contributed by atoms with Gasteiger partial charge in [0.1, 0.15) is 29.7 Å². The van der Waals surface area contributed by atoms with E-state index >= 15 is 0 Å². The minimum atomic E-state index is -0.451. The van der Waals surface area contributed by atoms with E-state index in [1.54, 1.807) is 40.8 Å². The topological polar surface area (TPSA) is 97.2 Å². The summed E-state index contributed by atoms with van der Waals surface area (Å²) in [6, 6.07) is 21.0. The van der Waals surface area contributed by atoms with E-state index in [1.807, 2.05) is 48.5 Å². The van der Waals surface area contributed by atoms with Crippen LogP contribution in [0.5, 0.6) is 11.5 Å². The van der Waals surface area contributed by atoms with Crippen LogP contribution in [0.25, 0.3) is 16.9 Å². The molecule has 1 fully saturated rings. The van der Waals surface area contributed by atoms with Gasteiger partial charge in [0, 0.05) is 49.8 Å². The van der Waals surface area contributed by atoms with Crippen LogP contribution in [0.1, 0.15) is 23.3 Å². The van der Waals surface area contributed by atoms with Crippen LogP contribution in [-0.4, -0.2) is 90.0 Å². The minimum absolute atomic E-state index is 0.0351. The average molecular weight is 644 g/mol. The molecular weight excluding hydrogens is 609 g/mol. The zero-order valence-corrected chi connectivity index (χ0v) is 26.6. The van der Waals surface area contributed by atoms with E-state index in [4.69, 9.17) is 14.6 Å². The molecule has 0 aliphatic carbocycles. The first-order chi connectivity index (χ1) is 22.3. The summed E-state index contributed by atoms with van der Waals surface area (Å²) >= 11 is 1.42. The van der Waals surface area contributed by atoms with E-state index in [0.29, 0.717) is 60.4 Å². The van der Waals surface area contributed by atoms with Crippen LogP contribution in [0, 0.1) is 5.82 Å². The number of hydrogen-bond acceptors (Lipinski definition) is 7. The summed E-state index contributed by atoms with van der Waals surface area (Å²) in [4.78, 5) is 44.7. The molecule has 46 heavy (non-hydrogen) atoms. The van der Waals surface area contributed by atoms with E-state index in [1.165, 1.54) is 35.7 Å². The molecule has 4 aromatic rings. The number of hydrogen-bond donors (Lipinski definition) is 0. The molecule has 6 rings (SSSR count). The number of amides is 3. The number of thioether (sulfide) groups is 1. The Morgan fingerprint density at radius 3 is 2.28 bits per heavy atom. The molecule has 0 radical (unpaired) electrons. The second-order valence-electron chi connectivity index (χ2n) is 11.0. The van der Waals surface area contributed by atoms with E-state index in [0.717, 1.165) is 11.1 Å². The summed E-state index contributed by atoms with van der Waals surface area (Å²) in [5, 5.41) is 4.61. The highest BCUT2D eigenvalue weighted by Crippen LogP contribution is 2.51. The number of rotatable bonds is 7. The second kappa shape index (κ2) is 13.3. The van der Waals surface area contributed by atoms with Crippen molar-refractivity contribution >= 4 is 35.3 Å². The van der Waals surface area contributed by atoms with Gasteiger partial charge in [-0.2, -0.15) is 5.10 Å². The Kier molecular flexibility index (Phi) is 8.98. The molecule has 0 N–H and O–H groups in total. The number of carbonyl (C=O) groups excluding carboxylic acids is 3. The molecule has 1 saturated heterocycles. The maximum absolute atomic E-state index is 14.1. The first-order valence-electron chi connectivity index (χ1n) is 14.9. The number of nitrogens with zero attached hydrogens (tertiary/aromatic N) is 5. The molecule has 3 amide bonds.